The van der Waals surface area contributed by atoms with Crippen LogP contribution >= 0.6 is 0 Å². The molecule has 36 heavy (non-hydrogen) atoms. The van der Waals surface area contributed by atoms with Crippen molar-refractivity contribution in [2.45, 2.75) is 13.3 Å². The average Bonchev–Trinajstić information content (AvgIpc) is 3.28. The predicted octanol–water partition coefficient (Wildman–Crippen LogP) is 3.66. The number of nitrogens with zero attached hydrogens (tertiary/aromatic N) is 2. The maximum atomic E-state index is 15.2. The molecule has 4 aromatic rings. The monoisotopic (exact) mass is 516 g/mol. The number of carbonyl (C=O) groups is 1. The van der Waals surface area contributed by atoms with Crippen molar-refractivity contribution in [2.75, 3.05) is 23.7 Å². The Morgan fingerprint density at radius 1 is 1.14 bits per heavy atom. The second kappa shape index (κ2) is 10.4. The number of anilines is 1. The lowest BCUT2D eigenvalue weighted by Gasteiger charge is -2.11. The number of fused-ring (bicyclic) bond motifs is 1. The summed E-state index contributed by atoms with van der Waals surface area (Å²) in [5.74, 6) is -3.34. The molecule has 3 heterocycles. The lowest BCUT2D eigenvalue weighted by molar-refractivity contribution is 0.103. The normalized spacial score (nSPS) is 11.6. The van der Waals surface area contributed by atoms with E-state index in [1.165, 1.54) is 12.4 Å². The number of aliphatic hydroxyl groups excluding tert-OH is 1. The number of aromatic amines is 1. The summed E-state index contributed by atoms with van der Waals surface area (Å²) in [4.78, 5) is 24.5. The van der Waals surface area contributed by atoms with E-state index in [4.69, 9.17) is 9.84 Å². The number of carbonyl (C=O) groups excluding carboxylic acids is 1. The molecule has 4 rings (SSSR count). The van der Waals surface area contributed by atoms with Gasteiger partial charge in [-0.1, -0.05) is 6.92 Å². The van der Waals surface area contributed by atoms with E-state index in [9.17, 15) is 17.6 Å². The van der Waals surface area contributed by atoms with Crippen molar-refractivity contribution < 1.29 is 31.8 Å². The molecule has 0 radical (unpaired) electrons. The minimum Gasteiger partial charge on any atom is -0.475 e. The summed E-state index contributed by atoms with van der Waals surface area (Å²) in [6.45, 7) is 1.59. The number of ketones is 1. The summed E-state index contributed by atoms with van der Waals surface area (Å²) >= 11 is 0. The molecular formula is C24H22F2N4O5S. The lowest BCUT2D eigenvalue weighted by Crippen LogP contribution is -2.18. The number of rotatable bonds is 10. The van der Waals surface area contributed by atoms with E-state index in [1.807, 2.05) is 0 Å². The maximum absolute atomic E-state index is 15.2. The van der Waals surface area contributed by atoms with Gasteiger partial charge in [-0.05, 0) is 30.7 Å². The van der Waals surface area contributed by atoms with Crippen molar-refractivity contribution in [3.8, 4) is 17.0 Å². The second-order valence-corrected chi connectivity index (χ2v) is 9.66. The van der Waals surface area contributed by atoms with Crippen LogP contribution in [0.5, 0.6) is 5.88 Å². The second-order valence-electron chi connectivity index (χ2n) is 7.81. The fourth-order valence-corrected chi connectivity index (χ4v) is 4.73. The van der Waals surface area contributed by atoms with E-state index in [0.29, 0.717) is 34.5 Å². The molecule has 0 atom stereocenters. The van der Waals surface area contributed by atoms with E-state index in [2.05, 4.69) is 19.7 Å². The standard InChI is InChI=1S/C24H22F2N4O5S/c1-2-9-36(33,34)30-19-5-4-18(25)21(22(19)26)23(32)17-13-29-24-16(17)10-15(12-28-24)14-3-6-20(27-11-14)35-8-7-31/h3-6,10-13,30-31H,2,7-9H2,1H3,(H,28,29). The van der Waals surface area contributed by atoms with E-state index >= 15 is 4.39 Å². The number of aliphatic hydroxyl groups is 1. The van der Waals surface area contributed by atoms with Crippen molar-refractivity contribution in [3.05, 3.63) is 71.7 Å². The largest absolute Gasteiger partial charge is 0.475 e. The highest BCUT2D eigenvalue weighted by atomic mass is 32.2. The Morgan fingerprint density at radius 2 is 1.92 bits per heavy atom. The van der Waals surface area contributed by atoms with Gasteiger partial charge in [-0.15, -0.1) is 0 Å². The van der Waals surface area contributed by atoms with Crippen LogP contribution < -0.4 is 9.46 Å². The third-order valence-corrected chi connectivity index (χ3v) is 6.72. The van der Waals surface area contributed by atoms with Gasteiger partial charge >= 0.3 is 0 Å². The minimum atomic E-state index is -3.86. The van der Waals surface area contributed by atoms with Gasteiger partial charge < -0.3 is 14.8 Å². The van der Waals surface area contributed by atoms with Gasteiger partial charge in [0, 0.05) is 46.7 Å². The van der Waals surface area contributed by atoms with Crippen LogP contribution in [0.4, 0.5) is 14.5 Å². The van der Waals surface area contributed by atoms with Gasteiger partial charge in [0.15, 0.2) is 5.82 Å². The minimum absolute atomic E-state index is 0.0402. The zero-order valence-electron chi connectivity index (χ0n) is 19.1. The van der Waals surface area contributed by atoms with Crippen molar-refractivity contribution >= 4 is 32.5 Å². The molecule has 0 fully saturated rings. The van der Waals surface area contributed by atoms with Crippen LogP contribution in [-0.4, -0.2) is 53.2 Å². The fourth-order valence-electron chi connectivity index (χ4n) is 3.60. The molecule has 12 heteroatoms. The number of halogens is 2. The number of aromatic nitrogens is 3. The van der Waals surface area contributed by atoms with Gasteiger partial charge in [0.05, 0.1) is 23.6 Å². The van der Waals surface area contributed by atoms with E-state index in [0.717, 1.165) is 12.1 Å². The maximum Gasteiger partial charge on any atom is 0.232 e. The summed E-state index contributed by atoms with van der Waals surface area (Å²) < 4.78 is 61.2. The molecule has 9 nitrogen and oxygen atoms in total. The van der Waals surface area contributed by atoms with E-state index in [1.54, 1.807) is 31.3 Å². The highest BCUT2D eigenvalue weighted by Gasteiger charge is 2.26. The SMILES string of the molecule is CCCS(=O)(=O)Nc1ccc(F)c(C(=O)c2c[nH]c3ncc(-c4ccc(OCCO)nc4)cc23)c1F. The number of nitrogens with one attached hydrogen (secondary N) is 2. The Morgan fingerprint density at radius 3 is 2.61 bits per heavy atom. The van der Waals surface area contributed by atoms with Crippen LogP contribution in [0.1, 0.15) is 29.3 Å². The molecule has 0 aliphatic carbocycles. The number of benzene rings is 1. The summed E-state index contributed by atoms with van der Waals surface area (Å²) in [7, 11) is -3.86. The zero-order valence-corrected chi connectivity index (χ0v) is 19.9. The first-order valence-electron chi connectivity index (χ1n) is 10.9. The smallest absolute Gasteiger partial charge is 0.232 e. The van der Waals surface area contributed by atoms with Gasteiger partial charge in [-0.25, -0.2) is 27.2 Å². The average molecular weight is 517 g/mol. The van der Waals surface area contributed by atoms with Crippen LogP contribution in [0.15, 0.2) is 48.9 Å². The Bertz CT molecular complexity index is 1520. The molecule has 0 saturated carbocycles. The van der Waals surface area contributed by atoms with Gasteiger partial charge in [0.2, 0.25) is 21.7 Å². The molecule has 0 amide bonds. The van der Waals surface area contributed by atoms with E-state index < -0.39 is 38.7 Å². The lowest BCUT2D eigenvalue weighted by atomic mass is 10.00. The molecule has 188 valence electrons. The predicted molar refractivity (Wildman–Crippen MR) is 129 cm³/mol. The number of sulfonamides is 1. The van der Waals surface area contributed by atoms with Gasteiger partial charge in [-0.3, -0.25) is 9.52 Å². The molecule has 0 aliphatic rings. The van der Waals surface area contributed by atoms with Crippen LogP contribution in [0.2, 0.25) is 0 Å². The number of pyridine rings is 2. The van der Waals surface area contributed by atoms with Crippen LogP contribution in [-0.2, 0) is 10.0 Å². The summed E-state index contributed by atoms with van der Waals surface area (Å²) in [5, 5.41) is 9.16. The quantitative estimate of drug-likeness (QED) is 0.274. The van der Waals surface area contributed by atoms with Crippen molar-refractivity contribution in [1.29, 1.82) is 0 Å². The molecule has 3 aromatic heterocycles. The molecule has 0 aliphatic heterocycles. The Balaban J connectivity index is 1.71. The van der Waals surface area contributed by atoms with Gasteiger partial charge in [0.25, 0.3) is 0 Å². The highest BCUT2D eigenvalue weighted by Crippen LogP contribution is 2.30. The highest BCUT2D eigenvalue weighted by molar-refractivity contribution is 7.92. The number of H-pyrrole nitrogens is 1. The van der Waals surface area contributed by atoms with Crippen LogP contribution in [0, 0.1) is 11.6 Å². The van der Waals surface area contributed by atoms with Gasteiger partial charge in [-0.2, -0.15) is 0 Å². The first kappa shape index (κ1) is 25.2. The van der Waals surface area contributed by atoms with Crippen molar-refractivity contribution in [3.63, 3.8) is 0 Å². The molecule has 1 aromatic carbocycles. The van der Waals surface area contributed by atoms with E-state index in [-0.39, 0.29) is 24.5 Å². The Hall–Kier alpha value is -3.90. The third kappa shape index (κ3) is 5.19. The number of ether oxygens (including phenoxy) is 1. The Labute approximate surface area is 205 Å². The van der Waals surface area contributed by atoms with Crippen LogP contribution in [0.3, 0.4) is 0 Å². The molecule has 0 saturated heterocycles. The molecule has 3 N–H and O–H groups in total. The topological polar surface area (TPSA) is 134 Å². The summed E-state index contributed by atoms with van der Waals surface area (Å²) in [6, 6.07) is 6.71. The number of hydrogen-bond donors (Lipinski definition) is 3. The van der Waals surface area contributed by atoms with Gasteiger partial charge in [0.1, 0.15) is 18.1 Å². The molecule has 0 unspecified atom stereocenters. The fraction of sp³-hybridized carbons (Fsp3) is 0.208. The van der Waals surface area contributed by atoms with Crippen molar-refractivity contribution in [1.82, 2.24) is 15.0 Å². The molecule has 0 spiro atoms. The molecular weight excluding hydrogens is 494 g/mol. The zero-order chi connectivity index (χ0) is 25.9. The van der Waals surface area contributed by atoms with Crippen LogP contribution in [0.25, 0.3) is 22.2 Å². The first-order chi connectivity index (χ1) is 17.2. The summed E-state index contributed by atoms with van der Waals surface area (Å²) in [5.41, 5.74) is 0.107. The third-order valence-electron chi connectivity index (χ3n) is 5.24. The first-order valence-corrected chi connectivity index (χ1v) is 12.6. The Kier molecular flexibility index (Phi) is 7.27. The van der Waals surface area contributed by atoms with Crippen molar-refractivity contribution in [2.24, 2.45) is 0 Å². The molecule has 0 bridgehead atoms. The number of hydrogen-bond acceptors (Lipinski definition) is 7. The summed E-state index contributed by atoms with van der Waals surface area (Å²) in [6.07, 6.45) is 4.65.